The van der Waals surface area contributed by atoms with Crippen LogP contribution in [-0.4, -0.2) is 5.54 Å². The Kier molecular flexibility index (Phi) is 4.09. The van der Waals surface area contributed by atoms with Crippen molar-refractivity contribution in [3.63, 3.8) is 0 Å². The van der Waals surface area contributed by atoms with Crippen LogP contribution >= 0.6 is 0 Å². The number of anilines is 1. The molecule has 2 nitrogen and oxygen atoms in total. The molecule has 0 bridgehead atoms. The van der Waals surface area contributed by atoms with Crippen LogP contribution < -0.4 is 10.1 Å². The van der Waals surface area contributed by atoms with Crippen molar-refractivity contribution in [2.45, 2.75) is 51.7 Å². The van der Waals surface area contributed by atoms with Gasteiger partial charge in [0, 0.05) is 34.4 Å². The molecule has 0 saturated heterocycles. The van der Waals surface area contributed by atoms with Crippen LogP contribution in [0, 0.1) is 17.6 Å². The van der Waals surface area contributed by atoms with E-state index < -0.39 is 11.6 Å². The van der Waals surface area contributed by atoms with Crippen LogP contribution in [0.5, 0.6) is 5.75 Å². The van der Waals surface area contributed by atoms with Gasteiger partial charge in [-0.15, -0.1) is 0 Å². The Hall–Kier alpha value is -2.62. The number of hydrogen-bond acceptors (Lipinski definition) is 2. The molecule has 2 heterocycles. The summed E-state index contributed by atoms with van der Waals surface area (Å²) in [5.74, 6) is -0.904. The maximum Gasteiger partial charge on any atom is 0.168 e. The number of halogens is 2. The number of ether oxygens (including phenoxy) is 1. The van der Waals surface area contributed by atoms with E-state index in [4.69, 9.17) is 4.74 Å². The highest BCUT2D eigenvalue weighted by atomic mass is 19.1. The summed E-state index contributed by atoms with van der Waals surface area (Å²) in [5.41, 5.74) is 5.54. The zero-order valence-electron chi connectivity index (χ0n) is 17.0. The van der Waals surface area contributed by atoms with E-state index in [0.717, 1.165) is 53.3 Å². The Balaban J connectivity index is 1.79. The number of nitrogens with one attached hydrogen (secondary N) is 1. The van der Waals surface area contributed by atoms with E-state index in [9.17, 15) is 8.78 Å². The monoisotopic (exact) mass is 393 g/mol. The van der Waals surface area contributed by atoms with E-state index in [2.05, 4.69) is 44.3 Å². The molecule has 2 aromatic rings. The van der Waals surface area contributed by atoms with Crippen molar-refractivity contribution < 1.29 is 13.5 Å². The fourth-order valence-electron chi connectivity index (χ4n) is 5.13. The number of allylic oxidation sites excluding steroid dienone is 2. The minimum absolute atomic E-state index is 0.156. The predicted octanol–water partition coefficient (Wildman–Crippen LogP) is 7.03. The number of rotatable bonds is 1. The normalized spacial score (nSPS) is 23.8. The molecule has 2 aromatic carbocycles. The maximum atomic E-state index is 14.7. The molecular weight excluding hydrogens is 368 g/mol. The van der Waals surface area contributed by atoms with Crippen molar-refractivity contribution in [3.8, 4) is 16.9 Å². The second-order valence-electron chi connectivity index (χ2n) is 8.95. The van der Waals surface area contributed by atoms with Crippen LogP contribution in [0.4, 0.5) is 14.5 Å². The molecule has 0 fully saturated rings. The molecule has 3 aliphatic rings. The largest absolute Gasteiger partial charge is 0.481 e. The fraction of sp³-hybridized carbons (Fsp3) is 0.360. The summed E-state index contributed by atoms with van der Waals surface area (Å²) in [5, 5.41) is 3.59. The molecule has 0 amide bonds. The standard InChI is InChI=1S/C25H25F2NO/c1-14-13-25(2,3)28-20-10-9-17-18-11-16(26)12-19(27)24(18)29-23(22(17)21(14)20)15-7-5-4-6-8-15/h5,7,9-13,15,23,28H,4,6,8H2,1-3H3. The topological polar surface area (TPSA) is 21.3 Å². The van der Waals surface area contributed by atoms with Crippen LogP contribution in [0.1, 0.15) is 57.3 Å². The zero-order valence-corrected chi connectivity index (χ0v) is 17.0. The molecule has 0 radical (unpaired) electrons. The summed E-state index contributed by atoms with van der Waals surface area (Å²) < 4.78 is 35.1. The second-order valence-corrected chi connectivity index (χ2v) is 8.95. The lowest BCUT2D eigenvalue weighted by molar-refractivity contribution is 0.140. The zero-order chi connectivity index (χ0) is 20.3. The quantitative estimate of drug-likeness (QED) is 0.525. The molecule has 2 unspecified atom stereocenters. The van der Waals surface area contributed by atoms with E-state index in [-0.39, 0.29) is 23.3 Å². The molecule has 5 rings (SSSR count). The van der Waals surface area contributed by atoms with E-state index >= 15 is 0 Å². The summed E-state index contributed by atoms with van der Waals surface area (Å²) in [6.45, 7) is 6.38. The Morgan fingerprint density at radius 1 is 1.14 bits per heavy atom. The minimum Gasteiger partial charge on any atom is -0.481 e. The first kappa shape index (κ1) is 18.4. The highest BCUT2D eigenvalue weighted by Crippen LogP contribution is 2.52. The van der Waals surface area contributed by atoms with Gasteiger partial charge in [0.15, 0.2) is 11.6 Å². The first-order chi connectivity index (χ1) is 13.8. The highest BCUT2D eigenvalue weighted by molar-refractivity contribution is 5.89. The highest BCUT2D eigenvalue weighted by Gasteiger charge is 2.38. The third-order valence-corrected chi connectivity index (χ3v) is 6.18. The van der Waals surface area contributed by atoms with Gasteiger partial charge in [-0.1, -0.05) is 24.3 Å². The van der Waals surface area contributed by atoms with Gasteiger partial charge in [-0.3, -0.25) is 0 Å². The first-order valence-corrected chi connectivity index (χ1v) is 10.3. The number of hydrogen-bond donors (Lipinski definition) is 1. The number of benzene rings is 2. The van der Waals surface area contributed by atoms with Gasteiger partial charge in [-0.2, -0.15) is 0 Å². The predicted molar refractivity (Wildman–Crippen MR) is 113 cm³/mol. The van der Waals surface area contributed by atoms with Crippen LogP contribution in [0.15, 0.2) is 42.5 Å². The van der Waals surface area contributed by atoms with Gasteiger partial charge in [0.2, 0.25) is 0 Å². The van der Waals surface area contributed by atoms with Gasteiger partial charge < -0.3 is 10.1 Å². The molecule has 2 atom stereocenters. The summed E-state index contributed by atoms with van der Waals surface area (Å²) in [6.07, 6.45) is 9.44. The molecule has 1 aliphatic carbocycles. The van der Waals surface area contributed by atoms with Crippen molar-refractivity contribution >= 4 is 11.3 Å². The molecule has 0 spiro atoms. The van der Waals surface area contributed by atoms with Crippen LogP contribution in [0.3, 0.4) is 0 Å². The van der Waals surface area contributed by atoms with Gasteiger partial charge >= 0.3 is 0 Å². The average molecular weight is 393 g/mol. The van der Waals surface area contributed by atoms with Gasteiger partial charge in [0.25, 0.3) is 0 Å². The van der Waals surface area contributed by atoms with E-state index in [1.165, 1.54) is 6.07 Å². The summed E-state index contributed by atoms with van der Waals surface area (Å²) in [6, 6.07) is 6.30. The fourth-order valence-corrected chi connectivity index (χ4v) is 5.13. The van der Waals surface area contributed by atoms with Crippen LogP contribution in [-0.2, 0) is 0 Å². The SMILES string of the molecule is CC1=CC(C)(C)Nc2ccc3c(c21)C(C1C=CCCC1)Oc1c(F)cc(F)cc1-3. The molecule has 0 saturated carbocycles. The molecular formula is C25H25F2NO. The van der Waals surface area contributed by atoms with Crippen LogP contribution in [0.2, 0.25) is 0 Å². The Labute approximate surface area is 170 Å². The lowest BCUT2D eigenvalue weighted by atomic mass is 9.77. The maximum absolute atomic E-state index is 14.7. The Morgan fingerprint density at radius 3 is 2.72 bits per heavy atom. The summed E-state index contributed by atoms with van der Waals surface area (Å²) >= 11 is 0. The van der Waals surface area contributed by atoms with Crippen molar-refractivity contribution in [2.24, 2.45) is 5.92 Å². The van der Waals surface area contributed by atoms with E-state index in [1.54, 1.807) is 0 Å². The van der Waals surface area contributed by atoms with Crippen molar-refractivity contribution in [1.82, 2.24) is 0 Å². The minimum atomic E-state index is -0.639. The molecule has 1 N–H and O–H groups in total. The lowest BCUT2D eigenvalue weighted by Crippen LogP contribution is -2.33. The average Bonchev–Trinajstić information content (AvgIpc) is 2.66. The van der Waals surface area contributed by atoms with Crippen molar-refractivity contribution in [2.75, 3.05) is 5.32 Å². The summed E-state index contributed by atoms with van der Waals surface area (Å²) in [7, 11) is 0. The van der Waals surface area contributed by atoms with Crippen molar-refractivity contribution in [1.29, 1.82) is 0 Å². The lowest BCUT2D eigenvalue weighted by Gasteiger charge is -2.39. The molecule has 0 aromatic heterocycles. The summed E-state index contributed by atoms with van der Waals surface area (Å²) in [4.78, 5) is 0. The smallest absolute Gasteiger partial charge is 0.168 e. The Morgan fingerprint density at radius 2 is 1.97 bits per heavy atom. The van der Waals surface area contributed by atoms with E-state index in [1.807, 2.05) is 12.1 Å². The number of fused-ring (bicyclic) bond motifs is 5. The Bertz CT molecular complexity index is 1070. The van der Waals surface area contributed by atoms with Gasteiger partial charge in [-0.05, 0) is 63.3 Å². The molecule has 4 heteroatoms. The van der Waals surface area contributed by atoms with Gasteiger partial charge in [0.05, 0.1) is 5.54 Å². The molecule has 2 aliphatic heterocycles. The first-order valence-electron chi connectivity index (χ1n) is 10.3. The second kappa shape index (κ2) is 6.45. The third-order valence-electron chi connectivity index (χ3n) is 6.18. The molecule has 150 valence electrons. The van der Waals surface area contributed by atoms with Crippen molar-refractivity contribution in [3.05, 3.63) is 65.3 Å². The third kappa shape index (κ3) is 2.97. The van der Waals surface area contributed by atoms with Crippen LogP contribution in [0.25, 0.3) is 16.7 Å². The van der Waals surface area contributed by atoms with Gasteiger partial charge in [-0.25, -0.2) is 8.78 Å². The van der Waals surface area contributed by atoms with Gasteiger partial charge in [0.1, 0.15) is 11.9 Å². The molecule has 29 heavy (non-hydrogen) atoms. The van der Waals surface area contributed by atoms with E-state index in [0.29, 0.717) is 5.56 Å².